The maximum absolute atomic E-state index is 11.5. The zero-order valence-electron chi connectivity index (χ0n) is 9.37. The minimum atomic E-state index is -3.09. The van der Waals surface area contributed by atoms with Gasteiger partial charge in [-0.3, -0.25) is 0 Å². The van der Waals surface area contributed by atoms with E-state index in [-0.39, 0.29) is 17.3 Å². The molecule has 1 aromatic carbocycles. The number of anilines is 1. The number of benzene rings is 1. The van der Waals surface area contributed by atoms with E-state index in [1.807, 2.05) is 0 Å². The van der Waals surface area contributed by atoms with E-state index in [1.54, 1.807) is 12.1 Å². The van der Waals surface area contributed by atoms with Crippen LogP contribution in [0.5, 0.6) is 5.75 Å². The van der Waals surface area contributed by atoms with Gasteiger partial charge in [0.1, 0.15) is 11.6 Å². The third-order valence-corrected chi connectivity index (χ3v) is 4.36. The fourth-order valence-electron chi connectivity index (χ4n) is 2.05. The standard InChI is InChI=1S/C11H11N3O3S/c12-11-9-5-18(16,17)6-10(9)13-14(11)7-1-3-8(15)4-2-7/h1-4,15H,5-6,12H2. The second kappa shape index (κ2) is 3.49. The summed E-state index contributed by atoms with van der Waals surface area (Å²) in [5, 5.41) is 13.4. The van der Waals surface area contributed by atoms with Crippen molar-refractivity contribution in [3.8, 4) is 11.4 Å². The zero-order chi connectivity index (χ0) is 12.9. The van der Waals surface area contributed by atoms with E-state index in [1.165, 1.54) is 16.8 Å². The molecular weight excluding hydrogens is 254 g/mol. The topological polar surface area (TPSA) is 98.2 Å². The molecule has 0 atom stereocenters. The van der Waals surface area contributed by atoms with E-state index < -0.39 is 9.84 Å². The molecule has 3 N–H and O–H groups in total. The first kappa shape index (κ1) is 11.1. The van der Waals surface area contributed by atoms with Crippen molar-refractivity contribution < 1.29 is 13.5 Å². The Kier molecular flexibility index (Phi) is 2.15. The van der Waals surface area contributed by atoms with Crippen molar-refractivity contribution in [2.45, 2.75) is 11.5 Å². The van der Waals surface area contributed by atoms with Gasteiger partial charge in [0.15, 0.2) is 9.84 Å². The smallest absolute Gasteiger partial charge is 0.160 e. The molecule has 3 rings (SSSR count). The second-order valence-electron chi connectivity index (χ2n) is 4.27. The molecule has 0 unspecified atom stereocenters. The van der Waals surface area contributed by atoms with Crippen LogP contribution >= 0.6 is 0 Å². The number of phenolic OH excluding ortho intramolecular Hbond substituents is 1. The predicted octanol–water partition coefficient (Wildman–Crippen LogP) is 0.589. The first-order valence-corrected chi connectivity index (χ1v) is 7.14. The summed E-state index contributed by atoms with van der Waals surface area (Å²) in [7, 11) is -3.09. The Hall–Kier alpha value is -2.02. The lowest BCUT2D eigenvalue weighted by molar-refractivity contribution is 0.475. The van der Waals surface area contributed by atoms with Gasteiger partial charge in [-0.15, -0.1) is 0 Å². The molecule has 7 heteroatoms. The van der Waals surface area contributed by atoms with Crippen LogP contribution in [0, 0.1) is 0 Å². The van der Waals surface area contributed by atoms with Crippen molar-refractivity contribution in [2.75, 3.05) is 5.73 Å². The lowest BCUT2D eigenvalue weighted by atomic mass is 10.3. The minimum absolute atomic E-state index is 0.0494. The van der Waals surface area contributed by atoms with Gasteiger partial charge in [-0.25, -0.2) is 13.1 Å². The van der Waals surface area contributed by atoms with Crippen molar-refractivity contribution in [2.24, 2.45) is 0 Å². The minimum Gasteiger partial charge on any atom is -0.508 e. The van der Waals surface area contributed by atoms with Gasteiger partial charge >= 0.3 is 0 Å². The number of aromatic hydroxyl groups is 1. The van der Waals surface area contributed by atoms with E-state index in [0.717, 1.165) is 0 Å². The van der Waals surface area contributed by atoms with Crippen LogP contribution in [-0.4, -0.2) is 23.3 Å². The third-order valence-electron chi connectivity index (χ3n) is 2.92. The summed E-state index contributed by atoms with van der Waals surface area (Å²) in [5.74, 6) is 0.389. The van der Waals surface area contributed by atoms with Gasteiger partial charge in [0, 0.05) is 5.56 Å². The molecule has 1 aromatic heterocycles. The second-order valence-corrected chi connectivity index (χ2v) is 6.34. The Morgan fingerprint density at radius 3 is 2.50 bits per heavy atom. The van der Waals surface area contributed by atoms with Gasteiger partial charge in [0.25, 0.3) is 0 Å². The first-order valence-electron chi connectivity index (χ1n) is 5.32. The molecule has 0 bridgehead atoms. The lowest BCUT2D eigenvalue weighted by Gasteiger charge is -2.05. The largest absolute Gasteiger partial charge is 0.508 e. The SMILES string of the molecule is Nc1c2c(nn1-c1ccc(O)cc1)CS(=O)(=O)C2. The summed E-state index contributed by atoms with van der Waals surface area (Å²) >= 11 is 0. The van der Waals surface area contributed by atoms with Gasteiger partial charge in [-0.2, -0.15) is 5.10 Å². The fourth-order valence-corrected chi connectivity index (χ4v) is 3.56. The Bertz CT molecular complexity index is 717. The first-order chi connectivity index (χ1) is 8.46. The molecule has 1 aliphatic rings. The normalized spacial score (nSPS) is 16.7. The molecule has 0 aliphatic carbocycles. The van der Waals surface area contributed by atoms with Crippen molar-refractivity contribution in [1.82, 2.24) is 9.78 Å². The van der Waals surface area contributed by atoms with Gasteiger partial charge in [0.05, 0.1) is 22.9 Å². The zero-order valence-corrected chi connectivity index (χ0v) is 10.2. The number of aromatic nitrogens is 2. The highest BCUT2D eigenvalue weighted by molar-refractivity contribution is 7.90. The third kappa shape index (κ3) is 1.63. The number of nitrogen functional groups attached to an aromatic ring is 1. The van der Waals surface area contributed by atoms with Gasteiger partial charge in [-0.1, -0.05) is 0 Å². The summed E-state index contributed by atoms with van der Waals surface area (Å²) in [5.41, 5.74) is 7.71. The summed E-state index contributed by atoms with van der Waals surface area (Å²) in [6.45, 7) is 0. The number of phenols is 1. The summed E-state index contributed by atoms with van der Waals surface area (Å²) < 4.78 is 24.4. The lowest BCUT2D eigenvalue weighted by Crippen LogP contribution is -2.06. The number of hydrogen-bond donors (Lipinski definition) is 2. The summed E-state index contributed by atoms with van der Waals surface area (Å²) in [6, 6.07) is 6.39. The average Bonchev–Trinajstić information content (AvgIpc) is 2.75. The van der Waals surface area contributed by atoms with Crippen LogP contribution in [0.4, 0.5) is 5.82 Å². The Balaban J connectivity index is 2.10. The molecule has 0 spiro atoms. The summed E-state index contributed by atoms with van der Waals surface area (Å²) in [6.07, 6.45) is 0. The average molecular weight is 265 g/mol. The molecule has 1 aliphatic heterocycles. The molecule has 0 radical (unpaired) electrons. The van der Waals surface area contributed by atoms with Crippen molar-refractivity contribution in [3.63, 3.8) is 0 Å². The van der Waals surface area contributed by atoms with Gasteiger partial charge in [-0.05, 0) is 24.3 Å². The number of rotatable bonds is 1. The highest BCUT2D eigenvalue weighted by Crippen LogP contribution is 2.31. The molecular formula is C11H11N3O3S. The highest BCUT2D eigenvalue weighted by atomic mass is 32.2. The molecule has 0 amide bonds. The molecule has 18 heavy (non-hydrogen) atoms. The molecule has 0 saturated heterocycles. The number of sulfone groups is 1. The Morgan fingerprint density at radius 2 is 1.89 bits per heavy atom. The predicted molar refractivity (Wildman–Crippen MR) is 66.0 cm³/mol. The van der Waals surface area contributed by atoms with Crippen LogP contribution in [0.25, 0.3) is 5.69 Å². The van der Waals surface area contributed by atoms with E-state index in [2.05, 4.69) is 5.10 Å². The number of nitrogens with two attached hydrogens (primary N) is 1. The Labute approximate surface area is 104 Å². The quantitative estimate of drug-likeness (QED) is 0.786. The van der Waals surface area contributed by atoms with E-state index >= 15 is 0 Å². The maximum Gasteiger partial charge on any atom is 0.160 e. The molecule has 94 valence electrons. The van der Waals surface area contributed by atoms with E-state index in [9.17, 15) is 13.5 Å². The van der Waals surface area contributed by atoms with Crippen molar-refractivity contribution in [1.29, 1.82) is 0 Å². The van der Waals surface area contributed by atoms with E-state index in [0.29, 0.717) is 22.8 Å². The number of nitrogens with zero attached hydrogens (tertiary/aromatic N) is 2. The van der Waals surface area contributed by atoms with Crippen molar-refractivity contribution >= 4 is 15.7 Å². The van der Waals surface area contributed by atoms with Gasteiger partial charge in [0.2, 0.25) is 0 Å². The molecule has 0 fully saturated rings. The number of fused-ring (bicyclic) bond motifs is 1. The van der Waals surface area contributed by atoms with Crippen LogP contribution < -0.4 is 5.73 Å². The van der Waals surface area contributed by atoms with Crippen LogP contribution in [0.15, 0.2) is 24.3 Å². The molecule has 2 heterocycles. The fraction of sp³-hybridized carbons (Fsp3) is 0.182. The monoisotopic (exact) mass is 265 g/mol. The Morgan fingerprint density at radius 1 is 1.22 bits per heavy atom. The number of hydrogen-bond acceptors (Lipinski definition) is 5. The van der Waals surface area contributed by atoms with Gasteiger partial charge < -0.3 is 10.8 Å². The van der Waals surface area contributed by atoms with Crippen LogP contribution in [0.2, 0.25) is 0 Å². The van der Waals surface area contributed by atoms with Crippen LogP contribution in [0.3, 0.4) is 0 Å². The summed E-state index contributed by atoms with van der Waals surface area (Å²) in [4.78, 5) is 0. The molecule has 6 nitrogen and oxygen atoms in total. The molecule has 0 saturated carbocycles. The van der Waals surface area contributed by atoms with Crippen LogP contribution in [-0.2, 0) is 21.3 Å². The van der Waals surface area contributed by atoms with E-state index in [4.69, 9.17) is 5.73 Å². The molecule has 2 aromatic rings. The maximum atomic E-state index is 11.5. The van der Waals surface area contributed by atoms with Crippen LogP contribution in [0.1, 0.15) is 11.3 Å². The highest BCUT2D eigenvalue weighted by Gasteiger charge is 2.31. The van der Waals surface area contributed by atoms with Crippen molar-refractivity contribution in [3.05, 3.63) is 35.5 Å².